The van der Waals surface area contributed by atoms with Crippen LogP contribution in [-0.4, -0.2) is 62.7 Å². The Kier molecular flexibility index (Phi) is 7.09. The van der Waals surface area contributed by atoms with Crippen LogP contribution < -0.4 is 5.32 Å². The molecular weight excluding hydrogens is 210 g/mol. The number of likely N-dealkylation sites (tertiary alicyclic amines) is 1. The third-order valence-electron chi connectivity index (χ3n) is 4.13. The topological polar surface area (TPSA) is 18.5 Å². The molecule has 17 heavy (non-hydrogen) atoms. The summed E-state index contributed by atoms with van der Waals surface area (Å²) in [4.78, 5) is 5.00. The van der Waals surface area contributed by atoms with E-state index in [0.29, 0.717) is 6.04 Å². The number of nitrogens with zero attached hydrogens (tertiary/aromatic N) is 2. The summed E-state index contributed by atoms with van der Waals surface area (Å²) in [5.41, 5.74) is 0. The molecule has 1 unspecified atom stereocenters. The molecule has 0 aromatic heterocycles. The fraction of sp³-hybridized carbons (Fsp3) is 1.00. The van der Waals surface area contributed by atoms with Crippen LogP contribution in [0.4, 0.5) is 0 Å². The van der Waals surface area contributed by atoms with Crippen LogP contribution in [0.25, 0.3) is 0 Å². The Morgan fingerprint density at radius 2 is 2.00 bits per heavy atom. The van der Waals surface area contributed by atoms with E-state index < -0.39 is 0 Å². The molecule has 0 aromatic rings. The Labute approximate surface area is 108 Å². The van der Waals surface area contributed by atoms with Crippen molar-refractivity contribution in [3.8, 4) is 0 Å². The third-order valence-corrected chi connectivity index (χ3v) is 4.13. The molecule has 1 aliphatic rings. The maximum Gasteiger partial charge on any atom is 0.00760 e. The summed E-state index contributed by atoms with van der Waals surface area (Å²) < 4.78 is 0. The Bertz CT molecular complexity index is 188. The standard InChI is InChI=1S/C14H31N3/c1-5-15-9-6-13(2)17(4)12-14-7-10-16(3)11-8-14/h13-15H,5-12H2,1-4H3. The van der Waals surface area contributed by atoms with E-state index >= 15 is 0 Å². The summed E-state index contributed by atoms with van der Waals surface area (Å²) in [5, 5.41) is 3.41. The Hall–Kier alpha value is -0.120. The highest BCUT2D eigenvalue weighted by Gasteiger charge is 2.19. The molecule has 3 heteroatoms. The van der Waals surface area contributed by atoms with Gasteiger partial charge in [0.1, 0.15) is 0 Å². The Morgan fingerprint density at radius 1 is 1.35 bits per heavy atom. The minimum absolute atomic E-state index is 0.703. The lowest BCUT2D eigenvalue weighted by molar-refractivity contribution is 0.151. The zero-order valence-electron chi connectivity index (χ0n) is 12.2. The molecule has 1 rings (SSSR count). The lowest BCUT2D eigenvalue weighted by Gasteiger charge is -2.34. The molecule has 0 aliphatic carbocycles. The maximum absolute atomic E-state index is 3.41. The highest BCUT2D eigenvalue weighted by molar-refractivity contribution is 4.74. The van der Waals surface area contributed by atoms with E-state index in [2.05, 4.69) is 43.1 Å². The molecule has 3 nitrogen and oxygen atoms in total. The molecule has 102 valence electrons. The smallest absolute Gasteiger partial charge is 0.00760 e. The van der Waals surface area contributed by atoms with Crippen molar-refractivity contribution in [1.82, 2.24) is 15.1 Å². The van der Waals surface area contributed by atoms with Gasteiger partial charge >= 0.3 is 0 Å². The van der Waals surface area contributed by atoms with Crippen molar-refractivity contribution < 1.29 is 0 Å². The molecule has 1 fully saturated rings. The van der Waals surface area contributed by atoms with Gasteiger partial charge in [-0.25, -0.2) is 0 Å². The van der Waals surface area contributed by atoms with Crippen molar-refractivity contribution in [3.63, 3.8) is 0 Å². The van der Waals surface area contributed by atoms with E-state index in [0.717, 1.165) is 19.0 Å². The Balaban J connectivity index is 2.16. The number of hydrogen-bond acceptors (Lipinski definition) is 3. The highest BCUT2D eigenvalue weighted by atomic mass is 15.1. The first-order chi connectivity index (χ1) is 8.13. The van der Waals surface area contributed by atoms with Gasteiger partial charge in [0.05, 0.1) is 0 Å². The normalized spacial score (nSPS) is 21.0. The average Bonchev–Trinajstić information content (AvgIpc) is 2.32. The SMILES string of the molecule is CCNCCC(C)N(C)CC1CCN(C)CC1. The first-order valence-corrected chi connectivity index (χ1v) is 7.23. The second-order valence-electron chi connectivity index (χ2n) is 5.68. The molecule has 1 atom stereocenters. The lowest BCUT2D eigenvalue weighted by atomic mass is 9.96. The number of rotatable bonds is 7. The number of piperidine rings is 1. The van der Waals surface area contributed by atoms with Gasteiger partial charge in [-0.05, 0) is 72.4 Å². The van der Waals surface area contributed by atoms with Crippen LogP contribution in [0.15, 0.2) is 0 Å². The average molecular weight is 241 g/mol. The predicted octanol–water partition coefficient (Wildman–Crippen LogP) is 1.65. The van der Waals surface area contributed by atoms with Gasteiger partial charge in [-0.15, -0.1) is 0 Å². The fourth-order valence-corrected chi connectivity index (χ4v) is 2.54. The summed E-state index contributed by atoms with van der Waals surface area (Å²) in [6.45, 7) is 10.6. The second-order valence-corrected chi connectivity index (χ2v) is 5.68. The molecular formula is C14H31N3. The molecule has 0 saturated carbocycles. The van der Waals surface area contributed by atoms with E-state index in [-0.39, 0.29) is 0 Å². The van der Waals surface area contributed by atoms with Crippen molar-refractivity contribution in [2.45, 2.75) is 39.2 Å². The van der Waals surface area contributed by atoms with E-state index in [9.17, 15) is 0 Å². The summed E-state index contributed by atoms with van der Waals surface area (Å²) in [5.74, 6) is 0.915. The molecule has 1 N–H and O–H groups in total. The van der Waals surface area contributed by atoms with E-state index in [1.54, 1.807) is 0 Å². The van der Waals surface area contributed by atoms with E-state index in [4.69, 9.17) is 0 Å². The Morgan fingerprint density at radius 3 is 2.59 bits per heavy atom. The quantitative estimate of drug-likeness (QED) is 0.684. The van der Waals surface area contributed by atoms with E-state index in [1.165, 1.54) is 38.9 Å². The van der Waals surface area contributed by atoms with Crippen LogP contribution in [0.3, 0.4) is 0 Å². The van der Waals surface area contributed by atoms with Gasteiger partial charge in [0, 0.05) is 12.6 Å². The molecule has 0 bridgehead atoms. The van der Waals surface area contributed by atoms with Gasteiger partial charge < -0.3 is 15.1 Å². The van der Waals surface area contributed by atoms with Crippen molar-refractivity contribution in [2.24, 2.45) is 5.92 Å². The van der Waals surface area contributed by atoms with Crippen LogP contribution in [0.2, 0.25) is 0 Å². The minimum Gasteiger partial charge on any atom is -0.317 e. The maximum atomic E-state index is 3.41. The summed E-state index contributed by atoms with van der Waals surface area (Å²) in [6, 6.07) is 0.703. The number of hydrogen-bond donors (Lipinski definition) is 1. The summed E-state index contributed by atoms with van der Waals surface area (Å²) in [7, 11) is 4.52. The highest BCUT2D eigenvalue weighted by Crippen LogP contribution is 2.18. The van der Waals surface area contributed by atoms with Crippen molar-refractivity contribution in [1.29, 1.82) is 0 Å². The second kappa shape index (κ2) is 8.06. The van der Waals surface area contributed by atoms with Gasteiger partial charge in [-0.1, -0.05) is 6.92 Å². The van der Waals surface area contributed by atoms with Crippen molar-refractivity contribution >= 4 is 0 Å². The molecule has 0 spiro atoms. The largest absolute Gasteiger partial charge is 0.317 e. The van der Waals surface area contributed by atoms with Crippen molar-refractivity contribution in [3.05, 3.63) is 0 Å². The zero-order valence-corrected chi connectivity index (χ0v) is 12.2. The zero-order chi connectivity index (χ0) is 12.7. The first kappa shape index (κ1) is 14.9. The van der Waals surface area contributed by atoms with Gasteiger partial charge in [0.15, 0.2) is 0 Å². The third kappa shape index (κ3) is 5.84. The van der Waals surface area contributed by atoms with Crippen molar-refractivity contribution in [2.75, 3.05) is 46.8 Å². The minimum atomic E-state index is 0.703. The van der Waals surface area contributed by atoms with Gasteiger partial charge in [0.25, 0.3) is 0 Å². The molecule has 0 aromatic carbocycles. The van der Waals surface area contributed by atoms with Crippen LogP contribution in [0, 0.1) is 5.92 Å². The van der Waals surface area contributed by atoms with Crippen LogP contribution >= 0.6 is 0 Å². The predicted molar refractivity (Wildman–Crippen MR) is 75.5 cm³/mol. The monoisotopic (exact) mass is 241 g/mol. The molecule has 0 radical (unpaired) electrons. The summed E-state index contributed by atoms with van der Waals surface area (Å²) in [6.07, 6.45) is 4.01. The van der Waals surface area contributed by atoms with Gasteiger partial charge in [-0.3, -0.25) is 0 Å². The first-order valence-electron chi connectivity index (χ1n) is 7.23. The van der Waals surface area contributed by atoms with E-state index in [1.807, 2.05) is 0 Å². The van der Waals surface area contributed by atoms with Crippen LogP contribution in [-0.2, 0) is 0 Å². The fourth-order valence-electron chi connectivity index (χ4n) is 2.54. The molecule has 1 saturated heterocycles. The van der Waals surface area contributed by atoms with Crippen LogP contribution in [0.1, 0.15) is 33.1 Å². The van der Waals surface area contributed by atoms with Crippen LogP contribution in [0.5, 0.6) is 0 Å². The van der Waals surface area contributed by atoms with Gasteiger partial charge in [-0.2, -0.15) is 0 Å². The number of nitrogens with one attached hydrogen (secondary N) is 1. The molecule has 1 heterocycles. The summed E-state index contributed by atoms with van der Waals surface area (Å²) >= 11 is 0. The van der Waals surface area contributed by atoms with Gasteiger partial charge in [0.2, 0.25) is 0 Å². The molecule has 1 aliphatic heterocycles. The lowest BCUT2D eigenvalue weighted by Crippen LogP contribution is -2.39. The molecule has 0 amide bonds.